The van der Waals surface area contributed by atoms with E-state index in [1.807, 2.05) is 6.07 Å². The summed E-state index contributed by atoms with van der Waals surface area (Å²) in [6.07, 6.45) is 4.64. The van der Waals surface area contributed by atoms with Gasteiger partial charge in [-0.15, -0.1) is 0 Å². The maximum atomic E-state index is 10.7. The number of nitriles is 1. The number of benzene rings is 1. The number of nitro groups is 1. The van der Waals surface area contributed by atoms with Gasteiger partial charge >= 0.3 is 5.82 Å². The molecule has 6 nitrogen and oxygen atoms in total. The smallest absolute Gasteiger partial charge is 0.342 e. The molecule has 0 saturated heterocycles. The molecule has 0 fully saturated rings. The van der Waals surface area contributed by atoms with Crippen molar-refractivity contribution < 1.29 is 4.92 Å². The van der Waals surface area contributed by atoms with Crippen LogP contribution in [0.4, 0.5) is 5.82 Å². The normalized spacial score (nSPS) is 10.5. The van der Waals surface area contributed by atoms with Crippen LogP contribution in [-0.2, 0) is 7.05 Å². The molecule has 19 heavy (non-hydrogen) atoms. The Kier molecular flexibility index (Phi) is 3.39. The number of imidazole rings is 1. The van der Waals surface area contributed by atoms with Crippen LogP contribution in [0.2, 0.25) is 0 Å². The first-order chi connectivity index (χ1) is 9.11. The molecule has 0 atom stereocenters. The molecule has 1 heterocycles. The zero-order valence-electron chi connectivity index (χ0n) is 10.1. The second kappa shape index (κ2) is 5.14. The lowest BCUT2D eigenvalue weighted by Gasteiger charge is -1.95. The van der Waals surface area contributed by atoms with E-state index in [2.05, 4.69) is 11.1 Å². The minimum absolute atomic E-state index is 0.0644. The zero-order chi connectivity index (χ0) is 13.8. The second-order valence-electron chi connectivity index (χ2n) is 3.86. The average molecular weight is 254 g/mol. The van der Waals surface area contributed by atoms with Crippen molar-refractivity contribution in [3.63, 3.8) is 0 Å². The third-order valence-electron chi connectivity index (χ3n) is 2.63. The van der Waals surface area contributed by atoms with Gasteiger partial charge in [-0.25, -0.2) is 9.55 Å². The summed E-state index contributed by atoms with van der Waals surface area (Å²) in [4.78, 5) is 14.2. The highest BCUT2D eigenvalue weighted by Crippen LogP contribution is 2.14. The first kappa shape index (κ1) is 12.5. The topological polar surface area (TPSA) is 84.8 Å². The first-order valence-electron chi connectivity index (χ1n) is 5.46. The minimum atomic E-state index is -0.485. The van der Waals surface area contributed by atoms with Gasteiger partial charge in [0.25, 0.3) is 0 Å². The number of rotatable bonds is 3. The van der Waals surface area contributed by atoms with E-state index in [-0.39, 0.29) is 5.82 Å². The molecule has 94 valence electrons. The molecule has 0 unspecified atom stereocenters. The van der Waals surface area contributed by atoms with E-state index in [1.54, 1.807) is 37.4 Å². The lowest BCUT2D eigenvalue weighted by molar-refractivity contribution is -0.391. The Hall–Kier alpha value is -2.94. The van der Waals surface area contributed by atoms with E-state index >= 15 is 0 Å². The quantitative estimate of drug-likeness (QED) is 0.621. The van der Waals surface area contributed by atoms with Crippen molar-refractivity contribution in [3.05, 3.63) is 57.5 Å². The molecule has 2 aromatic rings. The first-order valence-corrected chi connectivity index (χ1v) is 5.46. The average Bonchev–Trinajstić information content (AvgIpc) is 2.78. The molecule has 0 radical (unpaired) electrons. The van der Waals surface area contributed by atoms with Crippen LogP contribution in [0.15, 0.2) is 30.5 Å². The predicted molar refractivity (Wildman–Crippen MR) is 69.9 cm³/mol. The molecule has 0 aliphatic heterocycles. The third-order valence-corrected chi connectivity index (χ3v) is 2.63. The molecule has 0 aliphatic carbocycles. The fraction of sp³-hybridized carbons (Fsp3) is 0.0769. The van der Waals surface area contributed by atoms with Gasteiger partial charge in [0.05, 0.1) is 18.7 Å². The van der Waals surface area contributed by atoms with Crippen molar-refractivity contribution in [2.75, 3.05) is 0 Å². The van der Waals surface area contributed by atoms with Crippen molar-refractivity contribution in [1.82, 2.24) is 9.55 Å². The Balaban J connectivity index is 2.28. The van der Waals surface area contributed by atoms with Crippen LogP contribution in [0.3, 0.4) is 0 Å². The van der Waals surface area contributed by atoms with E-state index in [0.717, 1.165) is 5.56 Å². The lowest BCUT2D eigenvalue weighted by atomic mass is 10.1. The van der Waals surface area contributed by atoms with Crippen LogP contribution in [0.5, 0.6) is 0 Å². The maximum absolute atomic E-state index is 10.7. The Labute approximate surface area is 109 Å². The van der Waals surface area contributed by atoms with Crippen molar-refractivity contribution in [3.8, 4) is 6.07 Å². The number of nitrogens with zero attached hydrogens (tertiary/aromatic N) is 4. The highest BCUT2D eigenvalue weighted by molar-refractivity contribution is 5.68. The summed E-state index contributed by atoms with van der Waals surface area (Å²) >= 11 is 0. The molecule has 6 heteroatoms. The molecule has 0 amide bonds. The summed E-state index contributed by atoms with van der Waals surface area (Å²) in [7, 11) is 1.58. The van der Waals surface area contributed by atoms with Crippen LogP contribution in [0, 0.1) is 21.4 Å². The summed E-state index contributed by atoms with van der Waals surface area (Å²) < 4.78 is 1.39. The van der Waals surface area contributed by atoms with Gasteiger partial charge in [0.1, 0.15) is 6.20 Å². The number of aromatic nitrogens is 2. The summed E-state index contributed by atoms with van der Waals surface area (Å²) in [5, 5.41) is 19.5. The van der Waals surface area contributed by atoms with E-state index in [0.29, 0.717) is 11.4 Å². The van der Waals surface area contributed by atoms with Crippen LogP contribution < -0.4 is 0 Å². The highest BCUT2D eigenvalue weighted by atomic mass is 16.6. The van der Waals surface area contributed by atoms with Gasteiger partial charge in [0.15, 0.2) is 0 Å². The zero-order valence-corrected chi connectivity index (χ0v) is 10.1. The number of hydrogen-bond donors (Lipinski definition) is 0. The summed E-state index contributed by atoms with van der Waals surface area (Å²) in [6.45, 7) is 0. The summed E-state index contributed by atoms with van der Waals surface area (Å²) in [5.41, 5.74) is 1.40. The Morgan fingerprint density at radius 2 is 2.26 bits per heavy atom. The molecular formula is C13H10N4O2. The molecule has 1 aromatic carbocycles. The maximum Gasteiger partial charge on any atom is 0.342 e. The van der Waals surface area contributed by atoms with Crippen LogP contribution >= 0.6 is 0 Å². The van der Waals surface area contributed by atoms with Gasteiger partial charge in [-0.2, -0.15) is 5.26 Å². The van der Waals surface area contributed by atoms with Crippen molar-refractivity contribution in [2.45, 2.75) is 0 Å². The molecule has 0 saturated carbocycles. The standard InChI is InChI=1S/C13H10N4O2/c1-16-12(15-9-13(16)17(18)19)6-5-10-3-2-4-11(7-10)8-14/h2-7,9H,1H3. The van der Waals surface area contributed by atoms with Gasteiger partial charge in [0, 0.05) is 6.08 Å². The van der Waals surface area contributed by atoms with E-state index in [4.69, 9.17) is 5.26 Å². The van der Waals surface area contributed by atoms with E-state index in [1.165, 1.54) is 10.8 Å². The molecule has 0 N–H and O–H groups in total. The minimum Gasteiger partial charge on any atom is -0.358 e. The second-order valence-corrected chi connectivity index (χ2v) is 3.86. The van der Waals surface area contributed by atoms with Crippen molar-refractivity contribution in [1.29, 1.82) is 5.26 Å². The molecule has 0 bridgehead atoms. The third kappa shape index (κ3) is 2.66. The predicted octanol–water partition coefficient (Wildman–Crippen LogP) is 2.37. The Morgan fingerprint density at radius 3 is 2.89 bits per heavy atom. The lowest BCUT2D eigenvalue weighted by Crippen LogP contribution is -1.98. The molecule has 2 rings (SSSR count). The molecule has 1 aromatic heterocycles. The van der Waals surface area contributed by atoms with Crippen LogP contribution in [0.1, 0.15) is 17.0 Å². The van der Waals surface area contributed by atoms with E-state index in [9.17, 15) is 10.1 Å². The van der Waals surface area contributed by atoms with Gasteiger partial charge in [-0.1, -0.05) is 12.1 Å². The van der Waals surface area contributed by atoms with E-state index < -0.39 is 4.92 Å². The summed E-state index contributed by atoms with van der Waals surface area (Å²) in [5.74, 6) is 0.416. The fourth-order valence-corrected chi connectivity index (χ4v) is 1.62. The SMILES string of the molecule is Cn1c([N+](=O)[O-])cnc1C=Cc1cccc(C#N)c1. The van der Waals surface area contributed by atoms with Gasteiger partial charge in [0.2, 0.25) is 5.82 Å². The molecule has 0 aliphatic rings. The Morgan fingerprint density at radius 1 is 1.47 bits per heavy atom. The molecule has 0 spiro atoms. The largest absolute Gasteiger partial charge is 0.358 e. The Bertz CT molecular complexity index is 695. The highest BCUT2D eigenvalue weighted by Gasteiger charge is 2.13. The number of hydrogen-bond acceptors (Lipinski definition) is 4. The summed E-state index contributed by atoms with van der Waals surface area (Å²) in [6, 6.07) is 9.11. The monoisotopic (exact) mass is 254 g/mol. The molecular weight excluding hydrogens is 244 g/mol. The van der Waals surface area contributed by atoms with Crippen LogP contribution in [0.25, 0.3) is 12.2 Å². The van der Waals surface area contributed by atoms with Gasteiger partial charge < -0.3 is 10.1 Å². The van der Waals surface area contributed by atoms with Gasteiger partial charge in [-0.05, 0) is 28.7 Å². The van der Waals surface area contributed by atoms with Gasteiger partial charge in [-0.3, -0.25) is 0 Å². The van der Waals surface area contributed by atoms with Crippen molar-refractivity contribution in [2.24, 2.45) is 7.05 Å². The van der Waals surface area contributed by atoms with Crippen LogP contribution in [-0.4, -0.2) is 14.5 Å². The fourth-order valence-electron chi connectivity index (χ4n) is 1.62. The van der Waals surface area contributed by atoms with Crippen molar-refractivity contribution >= 4 is 18.0 Å².